The molecular weight excluding hydrogens is 344 g/mol. The van der Waals surface area contributed by atoms with Gasteiger partial charge in [-0.15, -0.1) is 0 Å². The summed E-state index contributed by atoms with van der Waals surface area (Å²) >= 11 is 6.34. The van der Waals surface area contributed by atoms with Gasteiger partial charge in [0.15, 0.2) is 0 Å². The summed E-state index contributed by atoms with van der Waals surface area (Å²) in [7, 11) is 3.78. The van der Waals surface area contributed by atoms with E-state index in [1.54, 1.807) is 6.34 Å². The molecule has 0 bridgehead atoms. The van der Waals surface area contributed by atoms with Gasteiger partial charge >= 0.3 is 0 Å². The molecule has 0 aliphatic heterocycles. The van der Waals surface area contributed by atoms with E-state index in [9.17, 15) is 8.78 Å². The Labute approximate surface area is 152 Å². The standard InChI is InChI=1S/C19H22ClF2N3/c1-5-24(3)12-23-18-8-13(2)19(10-16(18)20)25(4)11-14-6-7-15(21)9-17(14)22/h6-10,12H,5,11H2,1-4H3. The van der Waals surface area contributed by atoms with Crippen LogP contribution in [0, 0.1) is 18.6 Å². The first-order chi connectivity index (χ1) is 11.8. The molecule has 0 N–H and O–H groups in total. The minimum Gasteiger partial charge on any atom is -0.370 e. The van der Waals surface area contributed by atoms with Crippen molar-refractivity contribution in [3.8, 4) is 0 Å². The number of benzene rings is 2. The average Bonchev–Trinajstić information content (AvgIpc) is 2.57. The van der Waals surface area contributed by atoms with E-state index >= 15 is 0 Å². The van der Waals surface area contributed by atoms with Gasteiger partial charge in [0.1, 0.15) is 11.6 Å². The molecule has 25 heavy (non-hydrogen) atoms. The van der Waals surface area contributed by atoms with Crippen molar-refractivity contribution in [2.24, 2.45) is 4.99 Å². The number of halogens is 3. The number of aliphatic imine (C=N–C) groups is 1. The first-order valence-electron chi connectivity index (χ1n) is 8.01. The monoisotopic (exact) mass is 365 g/mol. The summed E-state index contributed by atoms with van der Waals surface area (Å²) in [6.45, 7) is 5.14. The molecule has 0 aromatic heterocycles. The first kappa shape index (κ1) is 19.2. The second kappa shape index (κ2) is 8.30. The summed E-state index contributed by atoms with van der Waals surface area (Å²) in [5.41, 5.74) is 2.95. The number of hydrogen-bond acceptors (Lipinski definition) is 2. The molecule has 2 rings (SSSR count). The number of rotatable bonds is 6. The van der Waals surface area contributed by atoms with Gasteiger partial charge in [-0.3, -0.25) is 0 Å². The van der Waals surface area contributed by atoms with Gasteiger partial charge in [-0.05, 0) is 37.6 Å². The summed E-state index contributed by atoms with van der Waals surface area (Å²) in [4.78, 5) is 8.22. The molecule has 0 unspecified atom stereocenters. The van der Waals surface area contributed by atoms with Gasteiger partial charge in [0, 0.05) is 44.5 Å². The van der Waals surface area contributed by atoms with E-state index in [4.69, 9.17) is 11.6 Å². The Morgan fingerprint density at radius 1 is 1.16 bits per heavy atom. The minimum atomic E-state index is -0.581. The summed E-state index contributed by atoms with van der Waals surface area (Å²) in [6, 6.07) is 7.32. The van der Waals surface area contributed by atoms with Crippen molar-refractivity contribution in [3.05, 3.63) is 58.1 Å². The van der Waals surface area contributed by atoms with Gasteiger partial charge in [0.25, 0.3) is 0 Å². The van der Waals surface area contributed by atoms with Gasteiger partial charge in [0.05, 0.1) is 17.0 Å². The van der Waals surface area contributed by atoms with E-state index in [0.29, 0.717) is 22.8 Å². The number of nitrogens with zero attached hydrogens (tertiary/aromatic N) is 3. The quantitative estimate of drug-likeness (QED) is 0.519. The van der Waals surface area contributed by atoms with Crippen LogP contribution in [0.15, 0.2) is 35.3 Å². The molecule has 0 aliphatic carbocycles. The topological polar surface area (TPSA) is 18.8 Å². The molecule has 0 spiro atoms. The molecule has 3 nitrogen and oxygen atoms in total. The van der Waals surface area contributed by atoms with Gasteiger partial charge in [-0.2, -0.15) is 0 Å². The molecule has 0 fully saturated rings. The second-order valence-corrected chi connectivity index (χ2v) is 6.41. The summed E-state index contributed by atoms with van der Waals surface area (Å²) in [6.07, 6.45) is 1.73. The fourth-order valence-electron chi connectivity index (χ4n) is 2.40. The van der Waals surface area contributed by atoms with Crippen molar-refractivity contribution in [1.29, 1.82) is 0 Å². The SMILES string of the molecule is CCN(C)C=Nc1cc(C)c(N(C)Cc2ccc(F)cc2F)cc1Cl. The lowest BCUT2D eigenvalue weighted by molar-refractivity contribution is 0.552. The molecule has 134 valence electrons. The third kappa shape index (κ3) is 4.92. The smallest absolute Gasteiger partial charge is 0.131 e. The van der Waals surface area contributed by atoms with E-state index in [0.717, 1.165) is 23.9 Å². The minimum absolute atomic E-state index is 0.310. The summed E-state index contributed by atoms with van der Waals surface area (Å²) in [5, 5.41) is 0.521. The maximum atomic E-state index is 13.9. The van der Waals surface area contributed by atoms with Crippen LogP contribution in [0.2, 0.25) is 5.02 Å². The van der Waals surface area contributed by atoms with Gasteiger partial charge in [-0.25, -0.2) is 13.8 Å². The Kier molecular flexibility index (Phi) is 6.37. The molecule has 2 aromatic rings. The van der Waals surface area contributed by atoms with Crippen molar-refractivity contribution < 1.29 is 8.78 Å². The maximum Gasteiger partial charge on any atom is 0.131 e. The van der Waals surface area contributed by atoms with Crippen LogP contribution in [0.25, 0.3) is 0 Å². The Morgan fingerprint density at radius 3 is 2.52 bits per heavy atom. The van der Waals surface area contributed by atoms with Crippen molar-refractivity contribution in [1.82, 2.24) is 4.90 Å². The fourth-order valence-corrected chi connectivity index (χ4v) is 2.61. The second-order valence-electron chi connectivity index (χ2n) is 6.00. The third-order valence-corrected chi connectivity index (χ3v) is 4.29. The van der Waals surface area contributed by atoms with Crippen LogP contribution >= 0.6 is 11.6 Å². The lowest BCUT2D eigenvalue weighted by Crippen LogP contribution is -2.18. The Balaban J connectivity index is 2.24. The predicted molar refractivity (Wildman–Crippen MR) is 101 cm³/mol. The van der Waals surface area contributed by atoms with E-state index in [-0.39, 0.29) is 0 Å². The average molecular weight is 366 g/mol. The Hall–Kier alpha value is -2.14. The molecule has 0 aliphatic rings. The highest BCUT2D eigenvalue weighted by molar-refractivity contribution is 6.33. The van der Waals surface area contributed by atoms with Crippen molar-refractivity contribution >= 4 is 29.3 Å². The third-order valence-electron chi connectivity index (χ3n) is 3.99. The molecule has 0 atom stereocenters. The van der Waals surface area contributed by atoms with Crippen molar-refractivity contribution in [2.75, 3.05) is 25.5 Å². The zero-order valence-corrected chi connectivity index (χ0v) is 15.6. The van der Waals surface area contributed by atoms with Crippen LogP contribution in [0.4, 0.5) is 20.2 Å². The van der Waals surface area contributed by atoms with Crippen LogP contribution < -0.4 is 4.90 Å². The number of anilines is 1. The maximum absolute atomic E-state index is 13.9. The number of hydrogen-bond donors (Lipinski definition) is 0. The highest BCUT2D eigenvalue weighted by Crippen LogP contribution is 2.33. The molecule has 0 saturated carbocycles. The highest BCUT2D eigenvalue weighted by Gasteiger charge is 2.12. The van der Waals surface area contributed by atoms with Crippen LogP contribution in [-0.4, -0.2) is 31.9 Å². The Morgan fingerprint density at radius 2 is 1.88 bits per heavy atom. The number of aryl methyl sites for hydroxylation is 1. The van der Waals surface area contributed by atoms with Gasteiger partial charge in [0.2, 0.25) is 0 Å². The van der Waals surface area contributed by atoms with Gasteiger partial charge in [-0.1, -0.05) is 17.7 Å². The molecule has 0 heterocycles. The molecule has 0 radical (unpaired) electrons. The highest BCUT2D eigenvalue weighted by atomic mass is 35.5. The van der Waals surface area contributed by atoms with Crippen molar-refractivity contribution in [2.45, 2.75) is 20.4 Å². The van der Waals surface area contributed by atoms with Crippen molar-refractivity contribution in [3.63, 3.8) is 0 Å². The first-order valence-corrected chi connectivity index (χ1v) is 8.39. The molecule has 0 saturated heterocycles. The molecular formula is C19H22ClF2N3. The lowest BCUT2D eigenvalue weighted by Gasteiger charge is -2.22. The normalized spacial score (nSPS) is 11.2. The predicted octanol–water partition coefficient (Wildman–Crippen LogP) is 5.17. The molecule has 2 aromatic carbocycles. The lowest BCUT2D eigenvalue weighted by atomic mass is 10.1. The van der Waals surface area contributed by atoms with Crippen LogP contribution in [0.1, 0.15) is 18.1 Å². The van der Waals surface area contributed by atoms with Gasteiger partial charge < -0.3 is 9.80 Å². The zero-order chi connectivity index (χ0) is 18.6. The Bertz CT molecular complexity index is 778. The fraction of sp³-hybridized carbons (Fsp3) is 0.316. The van der Waals surface area contributed by atoms with Crippen LogP contribution in [0.5, 0.6) is 0 Å². The summed E-state index contributed by atoms with van der Waals surface area (Å²) in [5.74, 6) is -1.14. The molecule has 0 amide bonds. The zero-order valence-electron chi connectivity index (χ0n) is 14.9. The van der Waals surface area contributed by atoms with E-state index < -0.39 is 11.6 Å². The van der Waals surface area contributed by atoms with Crippen LogP contribution in [0.3, 0.4) is 0 Å². The van der Waals surface area contributed by atoms with E-state index in [1.807, 2.05) is 49.9 Å². The molecule has 6 heteroatoms. The van der Waals surface area contributed by atoms with E-state index in [2.05, 4.69) is 4.99 Å². The van der Waals surface area contributed by atoms with E-state index in [1.165, 1.54) is 12.1 Å². The summed E-state index contributed by atoms with van der Waals surface area (Å²) < 4.78 is 26.9. The largest absolute Gasteiger partial charge is 0.370 e. The van der Waals surface area contributed by atoms with Crippen LogP contribution in [-0.2, 0) is 6.54 Å².